The highest BCUT2D eigenvalue weighted by Gasteiger charge is 2.37. The second-order valence-corrected chi connectivity index (χ2v) is 4.67. The highest BCUT2D eigenvalue weighted by atomic mass is 19.4. The minimum atomic E-state index is -4.16. The van der Waals surface area contributed by atoms with Gasteiger partial charge in [-0.3, -0.25) is 0 Å². The van der Waals surface area contributed by atoms with Crippen molar-refractivity contribution in [1.29, 1.82) is 0 Å². The van der Waals surface area contributed by atoms with E-state index in [4.69, 9.17) is 0 Å². The molecule has 0 spiro atoms. The van der Waals surface area contributed by atoms with Crippen molar-refractivity contribution in [3.05, 3.63) is 0 Å². The number of hydrogen-bond donors (Lipinski definition) is 2. The largest absolute Gasteiger partial charge is 0.390 e. The summed E-state index contributed by atoms with van der Waals surface area (Å²) in [5, 5.41) is 13.3. The van der Waals surface area contributed by atoms with Gasteiger partial charge in [-0.2, -0.15) is 13.2 Å². The molecule has 1 saturated carbocycles. The van der Waals surface area contributed by atoms with E-state index in [0.717, 1.165) is 19.4 Å². The summed E-state index contributed by atoms with van der Waals surface area (Å²) < 4.78 is 36.2. The summed E-state index contributed by atoms with van der Waals surface area (Å²) >= 11 is 0. The Bertz CT molecular complexity index is 210. The number of halogens is 3. The standard InChI is InChI=1S/C11H20F3NO/c1-2-15-9-3-5-10(16,6-4-9)7-8-11(12,13)14/h9,15-16H,2-8H2,1H3. The molecule has 0 aromatic heterocycles. The van der Waals surface area contributed by atoms with Gasteiger partial charge >= 0.3 is 6.18 Å². The van der Waals surface area contributed by atoms with Crippen LogP contribution in [0, 0.1) is 0 Å². The molecular formula is C11H20F3NO. The van der Waals surface area contributed by atoms with Gasteiger partial charge in [0.15, 0.2) is 0 Å². The van der Waals surface area contributed by atoms with E-state index in [1.54, 1.807) is 0 Å². The number of hydrogen-bond acceptors (Lipinski definition) is 2. The molecule has 2 nitrogen and oxygen atoms in total. The van der Waals surface area contributed by atoms with Crippen molar-refractivity contribution in [2.24, 2.45) is 0 Å². The Morgan fingerprint density at radius 2 is 1.88 bits per heavy atom. The lowest BCUT2D eigenvalue weighted by Crippen LogP contribution is -2.41. The van der Waals surface area contributed by atoms with Gasteiger partial charge in [-0.15, -0.1) is 0 Å². The highest BCUT2D eigenvalue weighted by molar-refractivity contribution is 4.88. The summed E-state index contributed by atoms with van der Waals surface area (Å²) in [6, 6.07) is 0.358. The monoisotopic (exact) mass is 239 g/mol. The molecule has 0 saturated heterocycles. The maximum absolute atomic E-state index is 12.1. The van der Waals surface area contributed by atoms with Crippen LogP contribution in [-0.4, -0.2) is 29.5 Å². The van der Waals surface area contributed by atoms with Crippen LogP contribution in [0.3, 0.4) is 0 Å². The highest BCUT2D eigenvalue weighted by Crippen LogP contribution is 2.35. The molecular weight excluding hydrogens is 219 g/mol. The van der Waals surface area contributed by atoms with Gasteiger partial charge in [0, 0.05) is 12.5 Å². The van der Waals surface area contributed by atoms with Gasteiger partial charge in [-0.25, -0.2) is 0 Å². The van der Waals surface area contributed by atoms with E-state index in [1.807, 2.05) is 6.92 Å². The SMILES string of the molecule is CCNC1CCC(O)(CCC(F)(F)F)CC1. The van der Waals surface area contributed by atoms with E-state index in [1.165, 1.54) is 0 Å². The van der Waals surface area contributed by atoms with Crippen molar-refractivity contribution in [1.82, 2.24) is 5.32 Å². The minimum Gasteiger partial charge on any atom is -0.390 e. The molecule has 0 unspecified atom stereocenters. The fraction of sp³-hybridized carbons (Fsp3) is 1.00. The molecule has 5 heteroatoms. The minimum absolute atomic E-state index is 0.157. The maximum atomic E-state index is 12.1. The predicted molar refractivity (Wildman–Crippen MR) is 56.2 cm³/mol. The number of rotatable bonds is 4. The Morgan fingerprint density at radius 3 is 2.31 bits per heavy atom. The number of nitrogens with one attached hydrogen (secondary N) is 1. The van der Waals surface area contributed by atoms with E-state index in [0.29, 0.717) is 18.9 Å². The molecule has 1 aliphatic rings. The van der Waals surface area contributed by atoms with Gasteiger partial charge in [0.25, 0.3) is 0 Å². The van der Waals surface area contributed by atoms with E-state index >= 15 is 0 Å². The van der Waals surface area contributed by atoms with Crippen molar-refractivity contribution >= 4 is 0 Å². The van der Waals surface area contributed by atoms with Gasteiger partial charge in [-0.1, -0.05) is 6.92 Å². The molecule has 2 N–H and O–H groups in total. The molecule has 0 aromatic rings. The average molecular weight is 239 g/mol. The lowest BCUT2D eigenvalue weighted by molar-refractivity contribution is -0.149. The smallest absolute Gasteiger partial charge is 0.389 e. The number of alkyl halides is 3. The molecule has 16 heavy (non-hydrogen) atoms. The summed E-state index contributed by atoms with van der Waals surface area (Å²) in [5.41, 5.74) is -1.10. The van der Waals surface area contributed by atoms with Gasteiger partial charge < -0.3 is 10.4 Å². The second-order valence-electron chi connectivity index (χ2n) is 4.67. The molecule has 1 rings (SSSR count). The molecule has 0 aliphatic heterocycles. The molecule has 0 amide bonds. The van der Waals surface area contributed by atoms with Crippen LogP contribution in [0.2, 0.25) is 0 Å². The Hall–Kier alpha value is -0.290. The van der Waals surface area contributed by atoms with Crippen LogP contribution in [0.15, 0.2) is 0 Å². The molecule has 1 fully saturated rings. The third-order valence-electron chi connectivity index (χ3n) is 3.28. The van der Waals surface area contributed by atoms with E-state index in [-0.39, 0.29) is 6.42 Å². The summed E-state index contributed by atoms with van der Waals surface area (Å²) in [4.78, 5) is 0. The van der Waals surface area contributed by atoms with Gasteiger partial charge in [-0.05, 0) is 38.6 Å². The molecule has 0 aromatic carbocycles. The van der Waals surface area contributed by atoms with Crippen molar-refractivity contribution in [2.75, 3.05) is 6.54 Å². The average Bonchev–Trinajstić information content (AvgIpc) is 2.19. The quantitative estimate of drug-likeness (QED) is 0.790. The van der Waals surface area contributed by atoms with Gasteiger partial charge in [0.1, 0.15) is 0 Å². The topological polar surface area (TPSA) is 32.3 Å². The summed E-state index contributed by atoms with van der Waals surface area (Å²) in [6.45, 7) is 2.87. The molecule has 0 radical (unpaired) electrons. The van der Waals surface area contributed by atoms with Crippen LogP contribution >= 0.6 is 0 Å². The van der Waals surface area contributed by atoms with Crippen molar-refractivity contribution in [3.8, 4) is 0 Å². The molecule has 0 heterocycles. The Kier molecular flexibility index (Phi) is 4.62. The van der Waals surface area contributed by atoms with E-state index in [2.05, 4.69) is 5.32 Å². The zero-order chi connectivity index (χ0) is 12.2. The lowest BCUT2D eigenvalue weighted by Gasteiger charge is -2.36. The van der Waals surface area contributed by atoms with Crippen molar-refractivity contribution < 1.29 is 18.3 Å². The van der Waals surface area contributed by atoms with Gasteiger partial charge in [0.2, 0.25) is 0 Å². The Morgan fingerprint density at radius 1 is 1.31 bits per heavy atom. The third kappa shape index (κ3) is 4.70. The van der Waals surface area contributed by atoms with Crippen LogP contribution < -0.4 is 5.32 Å². The first-order valence-corrected chi connectivity index (χ1v) is 5.87. The number of aliphatic hydroxyl groups is 1. The lowest BCUT2D eigenvalue weighted by atomic mass is 9.79. The fourth-order valence-corrected chi connectivity index (χ4v) is 2.27. The van der Waals surface area contributed by atoms with E-state index in [9.17, 15) is 18.3 Å². The zero-order valence-corrected chi connectivity index (χ0v) is 9.61. The first kappa shape index (κ1) is 13.8. The summed E-state index contributed by atoms with van der Waals surface area (Å²) in [7, 11) is 0. The van der Waals surface area contributed by atoms with Crippen LogP contribution in [0.1, 0.15) is 45.4 Å². The zero-order valence-electron chi connectivity index (χ0n) is 9.61. The molecule has 96 valence electrons. The first-order chi connectivity index (χ1) is 7.35. The maximum Gasteiger partial charge on any atom is 0.389 e. The Balaban J connectivity index is 2.32. The van der Waals surface area contributed by atoms with E-state index < -0.39 is 18.2 Å². The van der Waals surface area contributed by atoms with Gasteiger partial charge in [0.05, 0.1) is 5.60 Å². The molecule has 0 atom stereocenters. The van der Waals surface area contributed by atoms with Crippen molar-refractivity contribution in [3.63, 3.8) is 0 Å². The normalized spacial score (nSPS) is 31.7. The first-order valence-electron chi connectivity index (χ1n) is 5.87. The fourth-order valence-electron chi connectivity index (χ4n) is 2.27. The summed E-state index contributed by atoms with van der Waals surface area (Å²) in [5.74, 6) is 0. The van der Waals surface area contributed by atoms with Crippen LogP contribution in [0.4, 0.5) is 13.2 Å². The molecule has 1 aliphatic carbocycles. The second kappa shape index (κ2) is 5.36. The predicted octanol–water partition coefficient (Wildman–Crippen LogP) is 2.61. The van der Waals surface area contributed by atoms with Crippen LogP contribution in [0.5, 0.6) is 0 Å². The molecule has 0 bridgehead atoms. The van der Waals surface area contributed by atoms with Crippen molar-refractivity contribution in [2.45, 2.75) is 63.3 Å². The Labute approximate surface area is 94.2 Å². The van der Waals surface area contributed by atoms with Crippen LogP contribution in [-0.2, 0) is 0 Å². The third-order valence-corrected chi connectivity index (χ3v) is 3.28. The summed E-state index contributed by atoms with van der Waals surface area (Å²) in [6.07, 6.45) is -2.72. The van der Waals surface area contributed by atoms with Crippen LogP contribution in [0.25, 0.3) is 0 Å².